The van der Waals surface area contributed by atoms with Crippen LogP contribution in [0.5, 0.6) is 0 Å². The van der Waals surface area contributed by atoms with Crippen molar-refractivity contribution in [1.82, 2.24) is 24.4 Å². The van der Waals surface area contributed by atoms with Gasteiger partial charge in [0.25, 0.3) is 0 Å². The van der Waals surface area contributed by atoms with Crippen LogP contribution in [-0.4, -0.2) is 56.5 Å². The number of aromatic nitrogens is 4. The van der Waals surface area contributed by atoms with Crippen molar-refractivity contribution in [2.45, 2.75) is 38.8 Å². The van der Waals surface area contributed by atoms with Gasteiger partial charge in [-0.3, -0.25) is 4.79 Å². The number of nitrogens with zero attached hydrogens (tertiary/aromatic N) is 6. The maximum atomic E-state index is 12.6. The highest BCUT2D eigenvalue weighted by Gasteiger charge is 2.50. The summed E-state index contributed by atoms with van der Waals surface area (Å²) in [6.07, 6.45) is 10.3. The highest BCUT2D eigenvalue weighted by atomic mass is 16.2. The molecular formula is C18H24N6O. The van der Waals surface area contributed by atoms with Gasteiger partial charge in [0, 0.05) is 44.8 Å². The molecule has 1 saturated carbocycles. The van der Waals surface area contributed by atoms with Gasteiger partial charge in [-0.25, -0.2) is 15.0 Å². The van der Waals surface area contributed by atoms with Crippen LogP contribution in [0, 0.1) is 12.3 Å². The van der Waals surface area contributed by atoms with Crippen molar-refractivity contribution in [2.24, 2.45) is 5.41 Å². The van der Waals surface area contributed by atoms with Crippen LogP contribution in [0.3, 0.4) is 0 Å². The van der Waals surface area contributed by atoms with Crippen molar-refractivity contribution in [1.29, 1.82) is 0 Å². The molecule has 3 heterocycles. The molecule has 2 aliphatic rings. The van der Waals surface area contributed by atoms with Crippen LogP contribution < -0.4 is 4.90 Å². The lowest BCUT2D eigenvalue weighted by Gasteiger charge is -2.49. The maximum absolute atomic E-state index is 12.6. The SMILES string of the molecule is Cc1nccn1CC(=O)N1CCC2(CC(N(C)c3ccncn3)C2)C1. The van der Waals surface area contributed by atoms with E-state index in [1.54, 1.807) is 18.7 Å². The molecule has 0 aromatic carbocycles. The van der Waals surface area contributed by atoms with E-state index in [0.717, 1.165) is 44.0 Å². The van der Waals surface area contributed by atoms with Gasteiger partial charge in [-0.05, 0) is 37.7 Å². The van der Waals surface area contributed by atoms with Gasteiger partial charge in [0.05, 0.1) is 0 Å². The van der Waals surface area contributed by atoms with E-state index in [1.165, 1.54) is 0 Å². The van der Waals surface area contributed by atoms with Gasteiger partial charge in [0.1, 0.15) is 24.5 Å². The second-order valence-corrected chi connectivity index (χ2v) is 7.41. The maximum Gasteiger partial charge on any atom is 0.242 e. The summed E-state index contributed by atoms with van der Waals surface area (Å²) in [5.74, 6) is 2.05. The van der Waals surface area contributed by atoms with Gasteiger partial charge < -0.3 is 14.4 Å². The molecular weight excluding hydrogens is 316 g/mol. The molecule has 1 aliphatic carbocycles. The predicted octanol–water partition coefficient (Wildman–Crippen LogP) is 1.50. The third kappa shape index (κ3) is 2.99. The first-order valence-corrected chi connectivity index (χ1v) is 8.81. The molecule has 25 heavy (non-hydrogen) atoms. The number of anilines is 1. The minimum Gasteiger partial charge on any atom is -0.357 e. The predicted molar refractivity (Wildman–Crippen MR) is 94.1 cm³/mol. The van der Waals surface area contributed by atoms with Crippen molar-refractivity contribution in [2.75, 3.05) is 25.0 Å². The normalized spacial score (nSPS) is 25.2. The summed E-state index contributed by atoms with van der Waals surface area (Å²) in [7, 11) is 2.10. The third-order valence-corrected chi connectivity index (χ3v) is 5.83. The number of likely N-dealkylation sites (tertiary alicyclic amines) is 1. The van der Waals surface area contributed by atoms with E-state index in [9.17, 15) is 4.79 Å². The second kappa shape index (κ2) is 6.13. The van der Waals surface area contributed by atoms with Crippen LogP contribution in [0.4, 0.5) is 5.82 Å². The lowest BCUT2D eigenvalue weighted by molar-refractivity contribution is -0.131. The first-order chi connectivity index (χ1) is 12.1. The van der Waals surface area contributed by atoms with Crippen LogP contribution in [0.25, 0.3) is 0 Å². The Balaban J connectivity index is 1.33. The number of carbonyl (C=O) groups excluding carboxylic acids is 1. The minimum atomic E-state index is 0.200. The van der Waals surface area contributed by atoms with E-state index in [4.69, 9.17) is 0 Å². The van der Waals surface area contributed by atoms with Gasteiger partial charge in [0.2, 0.25) is 5.91 Å². The van der Waals surface area contributed by atoms with E-state index >= 15 is 0 Å². The summed E-state index contributed by atoms with van der Waals surface area (Å²) in [6, 6.07) is 2.45. The molecule has 0 radical (unpaired) electrons. The average molecular weight is 340 g/mol. The van der Waals surface area contributed by atoms with Crippen molar-refractivity contribution in [3.05, 3.63) is 36.8 Å². The lowest BCUT2D eigenvalue weighted by atomic mass is 9.64. The number of imidazole rings is 1. The quantitative estimate of drug-likeness (QED) is 0.844. The third-order valence-electron chi connectivity index (χ3n) is 5.83. The van der Waals surface area contributed by atoms with Gasteiger partial charge in [-0.15, -0.1) is 0 Å². The molecule has 4 rings (SSSR count). The summed E-state index contributed by atoms with van der Waals surface area (Å²) in [4.78, 5) is 29.3. The average Bonchev–Trinajstić information content (AvgIpc) is 3.21. The van der Waals surface area contributed by atoms with E-state index in [0.29, 0.717) is 18.0 Å². The Morgan fingerprint density at radius 2 is 2.20 bits per heavy atom. The fraction of sp³-hybridized carbons (Fsp3) is 0.556. The van der Waals surface area contributed by atoms with Gasteiger partial charge >= 0.3 is 0 Å². The van der Waals surface area contributed by atoms with E-state index < -0.39 is 0 Å². The molecule has 1 spiro atoms. The Morgan fingerprint density at radius 3 is 2.88 bits per heavy atom. The fourth-order valence-corrected chi connectivity index (χ4v) is 4.19. The molecule has 2 fully saturated rings. The van der Waals surface area contributed by atoms with Gasteiger partial charge in [-0.2, -0.15) is 0 Å². The first-order valence-electron chi connectivity index (χ1n) is 8.81. The standard InChI is InChI=1S/C18H24N6O/c1-14-20-6-8-23(14)11-17(25)24-7-4-18(12-24)9-15(10-18)22(2)16-3-5-19-13-21-16/h3,5-6,8,13,15H,4,7,9-12H2,1-2H3. The van der Waals surface area contributed by atoms with Crippen molar-refractivity contribution >= 4 is 11.7 Å². The summed E-state index contributed by atoms with van der Waals surface area (Å²) in [5, 5.41) is 0. The number of hydrogen-bond acceptors (Lipinski definition) is 5. The second-order valence-electron chi connectivity index (χ2n) is 7.41. The minimum absolute atomic E-state index is 0.200. The Labute approximate surface area is 147 Å². The summed E-state index contributed by atoms with van der Waals surface area (Å²) < 4.78 is 1.92. The zero-order valence-electron chi connectivity index (χ0n) is 14.8. The molecule has 7 nitrogen and oxygen atoms in total. The smallest absolute Gasteiger partial charge is 0.242 e. The van der Waals surface area contributed by atoms with Crippen LogP contribution >= 0.6 is 0 Å². The Kier molecular flexibility index (Phi) is 3.94. The molecule has 7 heteroatoms. The van der Waals surface area contributed by atoms with E-state index in [2.05, 4.69) is 26.9 Å². The van der Waals surface area contributed by atoms with Crippen LogP contribution in [0.2, 0.25) is 0 Å². The number of amides is 1. The largest absolute Gasteiger partial charge is 0.357 e. The monoisotopic (exact) mass is 340 g/mol. The highest BCUT2D eigenvalue weighted by Crippen LogP contribution is 2.50. The number of carbonyl (C=O) groups is 1. The first kappa shape index (κ1) is 16.1. The molecule has 2 aromatic heterocycles. The zero-order valence-corrected chi connectivity index (χ0v) is 14.8. The van der Waals surface area contributed by atoms with Crippen molar-refractivity contribution in [3.8, 4) is 0 Å². The fourth-order valence-electron chi connectivity index (χ4n) is 4.19. The Morgan fingerprint density at radius 1 is 1.36 bits per heavy atom. The molecule has 0 unspecified atom stereocenters. The molecule has 1 aliphatic heterocycles. The lowest BCUT2D eigenvalue weighted by Crippen LogP contribution is -2.51. The molecule has 0 bridgehead atoms. The number of rotatable bonds is 4. The number of aryl methyl sites for hydroxylation is 1. The molecule has 1 amide bonds. The highest BCUT2D eigenvalue weighted by molar-refractivity contribution is 5.76. The molecule has 1 saturated heterocycles. The topological polar surface area (TPSA) is 67.2 Å². The molecule has 2 aromatic rings. The van der Waals surface area contributed by atoms with Gasteiger partial charge in [-0.1, -0.05) is 0 Å². The Bertz CT molecular complexity index is 752. The van der Waals surface area contributed by atoms with E-state index in [-0.39, 0.29) is 5.91 Å². The van der Waals surface area contributed by atoms with Crippen LogP contribution in [0.1, 0.15) is 25.1 Å². The number of hydrogen-bond donors (Lipinski definition) is 0. The van der Waals surface area contributed by atoms with Gasteiger partial charge in [0.15, 0.2) is 0 Å². The molecule has 0 N–H and O–H groups in total. The van der Waals surface area contributed by atoms with E-state index in [1.807, 2.05) is 28.7 Å². The van der Waals surface area contributed by atoms with Crippen molar-refractivity contribution < 1.29 is 4.79 Å². The summed E-state index contributed by atoms with van der Waals surface area (Å²) in [6.45, 7) is 4.08. The van der Waals surface area contributed by atoms with Crippen molar-refractivity contribution in [3.63, 3.8) is 0 Å². The molecule has 132 valence electrons. The van der Waals surface area contributed by atoms with Crippen LogP contribution in [0.15, 0.2) is 31.0 Å². The zero-order chi connectivity index (χ0) is 17.4. The summed E-state index contributed by atoms with van der Waals surface area (Å²) in [5.41, 5.74) is 0.297. The van der Waals surface area contributed by atoms with Crippen LogP contribution in [-0.2, 0) is 11.3 Å². The molecule has 0 atom stereocenters. The Hall–Kier alpha value is -2.44. The summed E-state index contributed by atoms with van der Waals surface area (Å²) >= 11 is 0.